The van der Waals surface area contributed by atoms with E-state index in [1.54, 1.807) is 43.4 Å². The van der Waals surface area contributed by atoms with E-state index in [2.05, 4.69) is 18.0 Å². The molecule has 0 fully saturated rings. The van der Waals surface area contributed by atoms with Crippen LogP contribution in [0.15, 0.2) is 53.4 Å². The fraction of sp³-hybridized carbons (Fsp3) is 0.190. The quantitative estimate of drug-likeness (QED) is 0.630. The topological polar surface area (TPSA) is 95.1 Å². The molecule has 0 bridgehead atoms. The maximum atomic E-state index is 12.6. The minimum atomic E-state index is -0.612. The molecule has 6 nitrogen and oxygen atoms in total. The number of nitrogens with zero attached hydrogens (tertiary/aromatic N) is 2. The van der Waals surface area contributed by atoms with E-state index in [1.807, 2.05) is 6.92 Å². The van der Waals surface area contributed by atoms with Gasteiger partial charge in [0.05, 0.1) is 17.2 Å². The highest BCUT2D eigenvalue weighted by atomic mass is 16.3. The monoisotopic (exact) mass is 363 g/mol. The van der Waals surface area contributed by atoms with Crippen molar-refractivity contribution in [3.63, 3.8) is 0 Å². The van der Waals surface area contributed by atoms with Gasteiger partial charge in [0.15, 0.2) is 0 Å². The van der Waals surface area contributed by atoms with Crippen LogP contribution in [0.5, 0.6) is 5.75 Å². The summed E-state index contributed by atoms with van der Waals surface area (Å²) in [4.78, 5) is 24.7. The van der Waals surface area contributed by atoms with Crippen molar-refractivity contribution < 1.29 is 9.90 Å². The summed E-state index contributed by atoms with van der Waals surface area (Å²) in [6, 6.07) is 7.12. The number of benzene rings is 1. The summed E-state index contributed by atoms with van der Waals surface area (Å²) in [6.45, 7) is 7.86. The zero-order valence-electron chi connectivity index (χ0n) is 15.5. The van der Waals surface area contributed by atoms with Crippen molar-refractivity contribution in [2.24, 2.45) is 7.05 Å². The smallest absolute Gasteiger partial charge is 0.267 e. The summed E-state index contributed by atoms with van der Waals surface area (Å²) < 4.78 is 1.32. The molecule has 1 amide bonds. The molecule has 2 aromatic rings. The lowest BCUT2D eigenvalue weighted by atomic mass is 10.0. The highest BCUT2D eigenvalue weighted by Gasteiger charge is 2.20. The van der Waals surface area contributed by atoms with Gasteiger partial charge in [-0.2, -0.15) is 5.26 Å². The van der Waals surface area contributed by atoms with Crippen LogP contribution in [0, 0.1) is 11.3 Å². The Morgan fingerprint density at radius 3 is 2.74 bits per heavy atom. The van der Waals surface area contributed by atoms with Crippen LogP contribution in [0.25, 0.3) is 16.5 Å². The van der Waals surface area contributed by atoms with Crippen molar-refractivity contribution >= 4 is 22.4 Å². The Morgan fingerprint density at radius 1 is 1.44 bits per heavy atom. The van der Waals surface area contributed by atoms with Gasteiger partial charge in [0, 0.05) is 19.0 Å². The van der Waals surface area contributed by atoms with Crippen molar-refractivity contribution in [1.29, 1.82) is 5.26 Å². The zero-order valence-corrected chi connectivity index (χ0v) is 15.5. The normalized spacial score (nSPS) is 11.6. The summed E-state index contributed by atoms with van der Waals surface area (Å²) in [5.41, 5.74) is 1.33. The molecule has 0 saturated heterocycles. The number of pyridine rings is 1. The van der Waals surface area contributed by atoms with Gasteiger partial charge in [-0.25, -0.2) is 0 Å². The molecule has 1 aromatic carbocycles. The van der Waals surface area contributed by atoms with Crippen LogP contribution in [-0.4, -0.2) is 22.1 Å². The molecule has 0 aliphatic carbocycles. The van der Waals surface area contributed by atoms with E-state index >= 15 is 0 Å². The minimum Gasteiger partial charge on any atom is -0.506 e. The van der Waals surface area contributed by atoms with Crippen LogP contribution in [0.1, 0.15) is 29.8 Å². The predicted molar refractivity (Wildman–Crippen MR) is 106 cm³/mol. The number of aryl methyl sites for hydroxylation is 1. The second-order valence-corrected chi connectivity index (χ2v) is 5.92. The van der Waals surface area contributed by atoms with Crippen LogP contribution in [0.3, 0.4) is 0 Å². The summed E-state index contributed by atoms with van der Waals surface area (Å²) in [5.74, 6) is -0.961. The number of amides is 1. The van der Waals surface area contributed by atoms with Gasteiger partial charge in [-0.15, -0.1) is 0 Å². The van der Waals surface area contributed by atoms with E-state index in [-0.39, 0.29) is 11.3 Å². The van der Waals surface area contributed by atoms with E-state index in [9.17, 15) is 14.7 Å². The van der Waals surface area contributed by atoms with E-state index in [4.69, 9.17) is 5.26 Å². The van der Waals surface area contributed by atoms with Crippen LogP contribution in [-0.2, 0) is 7.05 Å². The maximum absolute atomic E-state index is 12.6. The molecule has 6 heteroatoms. The molecule has 0 spiro atoms. The first kappa shape index (κ1) is 19.7. The van der Waals surface area contributed by atoms with Gasteiger partial charge in [-0.05, 0) is 49.3 Å². The summed E-state index contributed by atoms with van der Waals surface area (Å²) in [6.07, 6.45) is 5.07. The SMILES string of the molecule is C=C(/C=C(C#N)\C=C/C)c1ccc2c(O)c(C(=O)NCC)c(=O)n(C)c2c1. The minimum absolute atomic E-state index is 0.279. The molecule has 2 rings (SSSR count). The molecule has 2 N–H and O–H groups in total. The van der Waals surface area contributed by atoms with Gasteiger partial charge in [-0.1, -0.05) is 18.7 Å². The third-order valence-electron chi connectivity index (χ3n) is 4.11. The molecule has 138 valence electrons. The van der Waals surface area contributed by atoms with Crippen LogP contribution < -0.4 is 10.9 Å². The molecule has 0 atom stereocenters. The van der Waals surface area contributed by atoms with Crippen molar-refractivity contribution in [3.05, 3.63) is 70.1 Å². The molecule has 0 aliphatic rings. The lowest BCUT2D eigenvalue weighted by Gasteiger charge is -2.13. The highest BCUT2D eigenvalue weighted by molar-refractivity contribution is 6.02. The Morgan fingerprint density at radius 2 is 2.15 bits per heavy atom. The van der Waals surface area contributed by atoms with Gasteiger partial charge < -0.3 is 15.0 Å². The molecule has 27 heavy (non-hydrogen) atoms. The first-order valence-electron chi connectivity index (χ1n) is 8.43. The Labute approximate surface area is 157 Å². The number of carbonyl (C=O) groups excluding carboxylic acids is 1. The van der Waals surface area contributed by atoms with E-state index in [0.717, 1.165) is 0 Å². The number of allylic oxidation sites excluding steroid dienone is 5. The van der Waals surface area contributed by atoms with Gasteiger partial charge in [0.2, 0.25) is 0 Å². The first-order valence-corrected chi connectivity index (χ1v) is 8.43. The number of aromatic hydroxyl groups is 1. The molecule has 0 saturated carbocycles. The standard InChI is InChI=1S/C21H21N3O3/c1-5-7-14(12-22)10-13(3)15-8-9-16-17(11-15)24(4)21(27)18(19(16)25)20(26)23-6-2/h5,7-11,25H,3,6H2,1-2,4H3,(H,23,26)/b7-5-,14-10+. The van der Waals surface area contributed by atoms with Crippen LogP contribution in [0.2, 0.25) is 0 Å². The van der Waals surface area contributed by atoms with Gasteiger partial charge in [0.1, 0.15) is 11.3 Å². The second-order valence-electron chi connectivity index (χ2n) is 5.92. The average molecular weight is 363 g/mol. The zero-order chi connectivity index (χ0) is 20.1. The Bertz CT molecular complexity index is 1080. The number of hydrogen-bond donors (Lipinski definition) is 2. The van der Waals surface area contributed by atoms with E-state index in [0.29, 0.717) is 34.2 Å². The third-order valence-corrected chi connectivity index (χ3v) is 4.11. The molecular weight excluding hydrogens is 342 g/mol. The molecule has 0 radical (unpaired) electrons. The summed E-state index contributed by atoms with van der Waals surface area (Å²) >= 11 is 0. The predicted octanol–water partition coefficient (Wildman–Crippen LogP) is 3.03. The van der Waals surface area contributed by atoms with Crippen molar-refractivity contribution in [3.8, 4) is 11.8 Å². The fourth-order valence-electron chi connectivity index (χ4n) is 2.74. The number of nitriles is 1. The average Bonchev–Trinajstić information content (AvgIpc) is 2.65. The highest BCUT2D eigenvalue weighted by Crippen LogP contribution is 2.29. The lowest BCUT2D eigenvalue weighted by Crippen LogP contribution is -2.32. The fourth-order valence-corrected chi connectivity index (χ4v) is 2.74. The van der Waals surface area contributed by atoms with Gasteiger partial charge >= 0.3 is 0 Å². The van der Waals surface area contributed by atoms with Gasteiger partial charge in [-0.3, -0.25) is 9.59 Å². The van der Waals surface area contributed by atoms with Gasteiger partial charge in [0.25, 0.3) is 11.5 Å². The number of carbonyl (C=O) groups is 1. The number of rotatable bonds is 5. The Balaban J connectivity index is 2.66. The second kappa shape index (κ2) is 8.19. The molecule has 0 unspecified atom stereocenters. The molecule has 1 aromatic heterocycles. The summed E-state index contributed by atoms with van der Waals surface area (Å²) in [7, 11) is 1.54. The Hall–Kier alpha value is -3.59. The summed E-state index contributed by atoms with van der Waals surface area (Å²) in [5, 5.41) is 22.5. The third kappa shape index (κ3) is 3.82. The van der Waals surface area contributed by atoms with Crippen LogP contribution >= 0.6 is 0 Å². The first-order chi connectivity index (χ1) is 12.8. The number of aromatic nitrogens is 1. The largest absolute Gasteiger partial charge is 0.506 e. The lowest BCUT2D eigenvalue weighted by molar-refractivity contribution is 0.0951. The van der Waals surface area contributed by atoms with Crippen molar-refractivity contribution in [2.45, 2.75) is 13.8 Å². The number of fused-ring (bicyclic) bond motifs is 1. The number of hydrogen-bond acceptors (Lipinski definition) is 4. The number of nitrogens with one attached hydrogen (secondary N) is 1. The van der Waals surface area contributed by atoms with Crippen LogP contribution in [0.4, 0.5) is 0 Å². The molecule has 1 heterocycles. The van der Waals surface area contributed by atoms with Crippen molar-refractivity contribution in [2.75, 3.05) is 6.54 Å². The van der Waals surface area contributed by atoms with E-state index in [1.165, 1.54) is 11.6 Å². The van der Waals surface area contributed by atoms with E-state index < -0.39 is 11.5 Å². The molecular formula is C21H21N3O3. The van der Waals surface area contributed by atoms with Crippen molar-refractivity contribution in [1.82, 2.24) is 9.88 Å². The molecule has 0 aliphatic heterocycles. The maximum Gasteiger partial charge on any atom is 0.267 e. The Kier molecular flexibility index (Phi) is 5.99.